The van der Waals surface area contributed by atoms with Crippen LogP contribution in [0, 0.1) is 12.8 Å². The van der Waals surface area contributed by atoms with Crippen LogP contribution in [-0.2, 0) is 4.74 Å². The highest BCUT2D eigenvalue weighted by Gasteiger charge is 2.15. The van der Waals surface area contributed by atoms with Crippen molar-refractivity contribution in [1.29, 1.82) is 0 Å². The molecule has 96 valence electrons. The molecule has 0 radical (unpaired) electrons. The molecule has 1 aliphatic rings. The standard InChI is InChI=1S/C13H18N4O/c1-10-3-6-17-12(8-10)15-13(16-17)14-5-2-11-4-7-18-9-11/h3,6,8,11H,2,4-5,7,9H2,1H3,(H,14,16). The number of ether oxygens (including phenoxy) is 1. The van der Waals surface area contributed by atoms with Gasteiger partial charge in [0.1, 0.15) is 0 Å². The van der Waals surface area contributed by atoms with Crippen LogP contribution >= 0.6 is 0 Å². The summed E-state index contributed by atoms with van der Waals surface area (Å²) in [4.78, 5) is 4.45. The van der Waals surface area contributed by atoms with Crippen LogP contribution in [0.15, 0.2) is 18.3 Å². The van der Waals surface area contributed by atoms with Crippen molar-refractivity contribution < 1.29 is 4.74 Å². The Morgan fingerprint density at radius 2 is 2.50 bits per heavy atom. The van der Waals surface area contributed by atoms with E-state index in [1.165, 1.54) is 12.0 Å². The van der Waals surface area contributed by atoms with Crippen molar-refractivity contribution >= 4 is 11.6 Å². The van der Waals surface area contributed by atoms with Gasteiger partial charge in [-0.3, -0.25) is 0 Å². The summed E-state index contributed by atoms with van der Waals surface area (Å²) in [6, 6.07) is 4.06. The zero-order chi connectivity index (χ0) is 12.4. The van der Waals surface area contributed by atoms with E-state index < -0.39 is 0 Å². The lowest BCUT2D eigenvalue weighted by Gasteiger charge is -2.06. The van der Waals surface area contributed by atoms with E-state index >= 15 is 0 Å². The summed E-state index contributed by atoms with van der Waals surface area (Å²) in [5.74, 6) is 1.40. The minimum absolute atomic E-state index is 0.691. The monoisotopic (exact) mass is 246 g/mol. The predicted molar refractivity (Wildman–Crippen MR) is 69.8 cm³/mol. The highest BCUT2D eigenvalue weighted by Crippen LogP contribution is 2.16. The van der Waals surface area contributed by atoms with Crippen molar-refractivity contribution in [2.75, 3.05) is 25.1 Å². The molecule has 0 amide bonds. The second kappa shape index (κ2) is 4.94. The average Bonchev–Trinajstić information content (AvgIpc) is 2.97. The maximum atomic E-state index is 5.36. The van der Waals surface area contributed by atoms with Crippen LogP contribution < -0.4 is 5.32 Å². The third kappa shape index (κ3) is 2.46. The Bertz CT molecular complexity index is 531. The highest BCUT2D eigenvalue weighted by atomic mass is 16.5. The van der Waals surface area contributed by atoms with Crippen molar-refractivity contribution in [2.24, 2.45) is 5.92 Å². The van der Waals surface area contributed by atoms with Crippen LogP contribution in [0.4, 0.5) is 5.95 Å². The van der Waals surface area contributed by atoms with Crippen molar-refractivity contribution in [3.05, 3.63) is 23.9 Å². The fourth-order valence-corrected chi connectivity index (χ4v) is 2.26. The quantitative estimate of drug-likeness (QED) is 0.895. The summed E-state index contributed by atoms with van der Waals surface area (Å²) < 4.78 is 7.16. The highest BCUT2D eigenvalue weighted by molar-refractivity contribution is 5.45. The third-order valence-corrected chi connectivity index (χ3v) is 3.35. The number of fused-ring (bicyclic) bond motifs is 1. The van der Waals surface area contributed by atoms with Gasteiger partial charge in [0.15, 0.2) is 5.65 Å². The molecule has 2 aromatic heterocycles. The molecule has 0 aromatic carbocycles. The minimum atomic E-state index is 0.691. The lowest BCUT2D eigenvalue weighted by Crippen LogP contribution is -2.09. The van der Waals surface area contributed by atoms with Gasteiger partial charge in [-0.15, -0.1) is 5.10 Å². The largest absolute Gasteiger partial charge is 0.381 e. The number of aryl methyl sites for hydroxylation is 1. The van der Waals surface area contributed by atoms with Gasteiger partial charge in [0.05, 0.1) is 0 Å². The topological polar surface area (TPSA) is 51.5 Å². The molecular weight excluding hydrogens is 228 g/mol. The second-order valence-corrected chi connectivity index (χ2v) is 4.89. The Morgan fingerprint density at radius 3 is 3.33 bits per heavy atom. The van der Waals surface area contributed by atoms with Gasteiger partial charge in [-0.05, 0) is 43.4 Å². The Labute approximate surface area is 106 Å². The summed E-state index contributed by atoms with van der Waals surface area (Å²) in [6.45, 7) is 4.78. The first kappa shape index (κ1) is 11.5. The third-order valence-electron chi connectivity index (χ3n) is 3.35. The molecule has 1 atom stereocenters. The number of aromatic nitrogens is 3. The van der Waals surface area contributed by atoms with Crippen molar-refractivity contribution in [2.45, 2.75) is 19.8 Å². The number of hydrogen-bond donors (Lipinski definition) is 1. The smallest absolute Gasteiger partial charge is 0.243 e. The van der Waals surface area contributed by atoms with Crippen LogP contribution in [0.2, 0.25) is 0 Å². The lowest BCUT2D eigenvalue weighted by molar-refractivity contribution is 0.185. The zero-order valence-electron chi connectivity index (χ0n) is 10.6. The normalized spacial score (nSPS) is 19.5. The van der Waals surface area contributed by atoms with E-state index in [2.05, 4.69) is 22.3 Å². The summed E-state index contributed by atoms with van der Waals surface area (Å²) >= 11 is 0. The molecule has 18 heavy (non-hydrogen) atoms. The molecule has 3 rings (SSSR count). The molecule has 0 aliphatic carbocycles. The van der Waals surface area contributed by atoms with E-state index in [0.29, 0.717) is 11.9 Å². The summed E-state index contributed by atoms with van der Waals surface area (Å²) in [7, 11) is 0. The zero-order valence-corrected chi connectivity index (χ0v) is 10.6. The molecule has 0 saturated carbocycles. The van der Waals surface area contributed by atoms with Crippen molar-refractivity contribution in [1.82, 2.24) is 14.6 Å². The van der Waals surface area contributed by atoms with Gasteiger partial charge in [-0.1, -0.05) is 0 Å². The van der Waals surface area contributed by atoms with Crippen LogP contribution in [-0.4, -0.2) is 34.4 Å². The molecule has 5 nitrogen and oxygen atoms in total. The summed E-state index contributed by atoms with van der Waals surface area (Å²) in [6.07, 6.45) is 4.24. The Hall–Kier alpha value is -1.62. The Balaban J connectivity index is 1.60. The van der Waals surface area contributed by atoms with Gasteiger partial charge < -0.3 is 10.1 Å². The number of nitrogens with zero attached hydrogens (tertiary/aromatic N) is 3. The summed E-state index contributed by atoms with van der Waals surface area (Å²) in [5.41, 5.74) is 2.09. The summed E-state index contributed by atoms with van der Waals surface area (Å²) in [5, 5.41) is 7.66. The molecule has 1 fully saturated rings. The maximum absolute atomic E-state index is 5.36. The van der Waals surface area contributed by atoms with Gasteiger partial charge in [0.2, 0.25) is 5.95 Å². The number of nitrogens with one attached hydrogen (secondary N) is 1. The van der Waals surface area contributed by atoms with Gasteiger partial charge in [-0.2, -0.15) is 4.98 Å². The van der Waals surface area contributed by atoms with Crippen LogP contribution in [0.5, 0.6) is 0 Å². The molecule has 3 heterocycles. The molecule has 1 saturated heterocycles. The first-order valence-corrected chi connectivity index (χ1v) is 6.46. The lowest BCUT2D eigenvalue weighted by atomic mass is 10.1. The second-order valence-electron chi connectivity index (χ2n) is 4.89. The van der Waals surface area contributed by atoms with Gasteiger partial charge >= 0.3 is 0 Å². The Morgan fingerprint density at radius 1 is 1.56 bits per heavy atom. The fourth-order valence-electron chi connectivity index (χ4n) is 2.26. The Kier molecular flexibility index (Phi) is 3.15. The number of rotatable bonds is 4. The molecule has 1 aliphatic heterocycles. The molecule has 0 spiro atoms. The maximum Gasteiger partial charge on any atom is 0.243 e. The van der Waals surface area contributed by atoms with E-state index in [9.17, 15) is 0 Å². The van der Waals surface area contributed by atoms with Gasteiger partial charge in [0.25, 0.3) is 0 Å². The first-order valence-electron chi connectivity index (χ1n) is 6.46. The predicted octanol–water partition coefficient (Wildman–Crippen LogP) is 1.88. The van der Waals surface area contributed by atoms with Crippen molar-refractivity contribution in [3.8, 4) is 0 Å². The van der Waals surface area contributed by atoms with Crippen LogP contribution in [0.1, 0.15) is 18.4 Å². The first-order chi connectivity index (χ1) is 8.81. The molecule has 0 bridgehead atoms. The van der Waals surface area contributed by atoms with Crippen LogP contribution in [0.25, 0.3) is 5.65 Å². The molecule has 1 unspecified atom stereocenters. The van der Waals surface area contributed by atoms with Gasteiger partial charge in [0, 0.05) is 26.0 Å². The SMILES string of the molecule is Cc1ccn2nc(NCCC3CCOC3)nc2c1. The number of anilines is 1. The molecule has 2 aromatic rings. The van der Waals surface area contributed by atoms with E-state index in [0.717, 1.165) is 31.8 Å². The fraction of sp³-hybridized carbons (Fsp3) is 0.538. The molecule has 5 heteroatoms. The molecular formula is C13H18N4O. The van der Waals surface area contributed by atoms with E-state index in [-0.39, 0.29) is 0 Å². The van der Waals surface area contributed by atoms with Gasteiger partial charge in [-0.25, -0.2) is 4.52 Å². The number of pyridine rings is 1. The van der Waals surface area contributed by atoms with Crippen molar-refractivity contribution in [3.63, 3.8) is 0 Å². The number of hydrogen-bond acceptors (Lipinski definition) is 4. The van der Waals surface area contributed by atoms with E-state index in [1.807, 2.05) is 18.3 Å². The van der Waals surface area contributed by atoms with Crippen LogP contribution in [0.3, 0.4) is 0 Å². The van der Waals surface area contributed by atoms with E-state index in [4.69, 9.17) is 4.74 Å². The molecule has 1 N–H and O–H groups in total. The van der Waals surface area contributed by atoms with E-state index in [1.54, 1.807) is 4.52 Å². The minimum Gasteiger partial charge on any atom is -0.381 e. The average molecular weight is 246 g/mol.